The predicted molar refractivity (Wildman–Crippen MR) is 142 cm³/mol. The van der Waals surface area contributed by atoms with Crippen molar-refractivity contribution >= 4 is 18.0 Å². The summed E-state index contributed by atoms with van der Waals surface area (Å²) < 4.78 is 25.0. The van der Waals surface area contributed by atoms with Crippen LogP contribution >= 0.6 is 0 Å². The fourth-order valence-electron chi connectivity index (χ4n) is 7.11. The Morgan fingerprint density at radius 2 is 1.59 bits per heavy atom. The van der Waals surface area contributed by atoms with Gasteiger partial charge in [0.2, 0.25) is 0 Å². The molecule has 2 saturated carbocycles. The quantitative estimate of drug-likeness (QED) is 0.423. The molecule has 5 rings (SSSR count). The second-order valence-electron chi connectivity index (χ2n) is 11.4. The Kier molecular flexibility index (Phi) is 7.07. The third-order valence-electron chi connectivity index (χ3n) is 8.81. The van der Waals surface area contributed by atoms with Gasteiger partial charge in [-0.1, -0.05) is 48.5 Å². The molecule has 208 valence electrons. The Hall–Kier alpha value is -3.20. The van der Waals surface area contributed by atoms with E-state index in [4.69, 9.17) is 18.9 Å². The highest BCUT2D eigenvalue weighted by Crippen LogP contribution is 2.65. The van der Waals surface area contributed by atoms with Crippen LogP contribution in [0.1, 0.15) is 56.5 Å². The van der Waals surface area contributed by atoms with E-state index in [1.807, 2.05) is 44.2 Å². The topological polar surface area (TPSA) is 112 Å². The van der Waals surface area contributed by atoms with Crippen molar-refractivity contribution in [2.24, 2.45) is 11.3 Å². The average Bonchev–Trinajstić information content (AvgIpc) is 3.09. The molecule has 2 aromatic carbocycles. The highest BCUT2D eigenvalue weighted by Gasteiger charge is 2.81. The molecule has 3 fully saturated rings. The summed E-state index contributed by atoms with van der Waals surface area (Å²) in [5, 5.41) is 23.4. The first-order valence-corrected chi connectivity index (χ1v) is 13.4. The van der Waals surface area contributed by atoms with Crippen molar-refractivity contribution < 1.29 is 38.7 Å². The molecule has 2 aromatic rings. The van der Waals surface area contributed by atoms with Crippen molar-refractivity contribution in [1.82, 2.24) is 0 Å². The van der Waals surface area contributed by atoms with Crippen LogP contribution in [-0.2, 0) is 23.7 Å². The summed E-state index contributed by atoms with van der Waals surface area (Å²) >= 11 is 0. The molecule has 1 saturated heterocycles. The molecule has 2 aliphatic carbocycles. The van der Waals surface area contributed by atoms with Gasteiger partial charge in [-0.3, -0.25) is 4.79 Å². The molecule has 3 aliphatic rings. The number of fused-ring (bicyclic) bond motifs is 1. The van der Waals surface area contributed by atoms with Gasteiger partial charge < -0.3 is 29.2 Å². The average molecular weight is 537 g/mol. The number of esters is 2. The second kappa shape index (κ2) is 10.1. The third kappa shape index (κ3) is 4.35. The number of hydrogen-bond acceptors (Lipinski definition) is 8. The lowest BCUT2D eigenvalue weighted by molar-refractivity contribution is -0.308. The van der Waals surface area contributed by atoms with Crippen LogP contribution in [0.4, 0.5) is 0 Å². The molecule has 0 unspecified atom stereocenters. The molecular weight excluding hydrogens is 500 g/mol. The highest BCUT2D eigenvalue weighted by molar-refractivity contribution is 5.89. The Balaban J connectivity index is 1.64. The van der Waals surface area contributed by atoms with Gasteiger partial charge in [-0.2, -0.15) is 0 Å². The van der Waals surface area contributed by atoms with E-state index in [1.165, 1.54) is 13.2 Å². The van der Waals surface area contributed by atoms with Crippen molar-refractivity contribution in [3.8, 4) is 0 Å². The molecule has 2 bridgehead atoms. The minimum atomic E-state index is -1.57. The molecule has 0 amide bonds. The van der Waals surface area contributed by atoms with E-state index in [0.29, 0.717) is 12.0 Å². The Morgan fingerprint density at radius 3 is 2.23 bits per heavy atom. The van der Waals surface area contributed by atoms with Crippen LogP contribution in [0.2, 0.25) is 0 Å². The minimum Gasteiger partial charge on any atom is -0.494 e. The van der Waals surface area contributed by atoms with Gasteiger partial charge in [-0.15, -0.1) is 0 Å². The number of carbonyl (C=O) groups is 2. The summed E-state index contributed by atoms with van der Waals surface area (Å²) in [4.78, 5) is 25.7. The van der Waals surface area contributed by atoms with E-state index >= 15 is 0 Å². The number of rotatable bonds is 6. The summed E-state index contributed by atoms with van der Waals surface area (Å²) in [6, 6.07) is 18.2. The van der Waals surface area contributed by atoms with Crippen molar-refractivity contribution in [1.29, 1.82) is 0 Å². The molecule has 8 atom stereocenters. The van der Waals surface area contributed by atoms with E-state index in [-0.39, 0.29) is 6.42 Å². The number of aliphatic hydroxyl groups excluding tert-OH is 2. The van der Waals surface area contributed by atoms with Crippen molar-refractivity contribution in [3.05, 3.63) is 78.1 Å². The summed E-state index contributed by atoms with van der Waals surface area (Å²) in [7, 11) is 0. The predicted octanol–water partition coefficient (Wildman–Crippen LogP) is 3.90. The van der Waals surface area contributed by atoms with Crippen LogP contribution in [0.25, 0.3) is 6.08 Å². The maximum atomic E-state index is 13.5. The van der Waals surface area contributed by atoms with Gasteiger partial charge in [0, 0.05) is 6.92 Å². The Bertz CT molecular complexity index is 1230. The van der Waals surface area contributed by atoms with E-state index in [2.05, 4.69) is 0 Å². The van der Waals surface area contributed by atoms with Gasteiger partial charge in [-0.25, -0.2) is 4.79 Å². The number of hydrogen-bond donors (Lipinski definition) is 2. The number of aliphatic hydroxyl groups is 2. The van der Waals surface area contributed by atoms with Crippen molar-refractivity contribution in [2.45, 2.75) is 82.3 Å². The van der Waals surface area contributed by atoms with Gasteiger partial charge in [0.25, 0.3) is 0 Å². The second-order valence-corrected chi connectivity index (χ2v) is 11.4. The van der Waals surface area contributed by atoms with Crippen LogP contribution < -0.4 is 0 Å². The summed E-state index contributed by atoms with van der Waals surface area (Å²) in [6.07, 6.45) is -1.17. The zero-order chi connectivity index (χ0) is 28.0. The first-order valence-electron chi connectivity index (χ1n) is 13.4. The standard InChI is InChI=1S/C31H36O8/c1-19(32)37-23-16-15-22(33)31-26(34)24(29(2,3)39-31)25(36-18-17-20-11-7-5-8-12-20)27(30(23,31)4)38-28(35)21-13-9-6-10-14-21/h5-14,17-18,22-27,33-34H,15-16H2,1-4H3/t22-,23+,24-,25+,26-,27+,30+,31-/m1/s1. The van der Waals surface area contributed by atoms with Gasteiger partial charge in [0.05, 0.1) is 41.0 Å². The maximum Gasteiger partial charge on any atom is 0.338 e. The zero-order valence-electron chi connectivity index (χ0n) is 22.7. The lowest BCUT2D eigenvalue weighted by Gasteiger charge is -2.61. The van der Waals surface area contributed by atoms with Gasteiger partial charge in [0.1, 0.15) is 17.8 Å². The lowest BCUT2D eigenvalue weighted by Crippen LogP contribution is -2.77. The summed E-state index contributed by atoms with van der Waals surface area (Å²) in [5.41, 5.74) is -2.65. The third-order valence-corrected chi connectivity index (χ3v) is 8.81. The molecule has 2 N–H and O–H groups in total. The molecule has 1 heterocycles. The Labute approximate surface area is 228 Å². The van der Waals surface area contributed by atoms with Crippen LogP contribution in [-0.4, -0.2) is 63.9 Å². The van der Waals surface area contributed by atoms with Crippen molar-refractivity contribution in [2.75, 3.05) is 0 Å². The zero-order valence-corrected chi connectivity index (χ0v) is 22.7. The minimum absolute atomic E-state index is 0.242. The van der Waals surface area contributed by atoms with Gasteiger partial charge in [0.15, 0.2) is 6.10 Å². The fraction of sp³-hybridized carbons (Fsp3) is 0.484. The largest absolute Gasteiger partial charge is 0.494 e. The molecule has 1 spiro atoms. The van der Waals surface area contributed by atoms with Gasteiger partial charge >= 0.3 is 11.9 Å². The highest BCUT2D eigenvalue weighted by atomic mass is 16.6. The summed E-state index contributed by atoms with van der Waals surface area (Å²) in [5.74, 6) is -1.78. The monoisotopic (exact) mass is 536 g/mol. The molecule has 1 aliphatic heterocycles. The molecule has 39 heavy (non-hydrogen) atoms. The SMILES string of the molecule is CC(=O)O[C@H]1CC[C@@H](O)[C@]23OC(C)(C)[C@H]([C@H](OC=Cc4ccccc4)[C@H](OC(=O)c4ccccc4)[C@]12C)[C@H]3O. The van der Waals surface area contributed by atoms with E-state index in [0.717, 1.165) is 5.56 Å². The number of benzene rings is 2. The lowest BCUT2D eigenvalue weighted by atomic mass is 9.50. The van der Waals surface area contributed by atoms with E-state index in [1.54, 1.807) is 43.3 Å². The first-order chi connectivity index (χ1) is 18.5. The van der Waals surface area contributed by atoms with Gasteiger partial charge in [-0.05, 0) is 57.4 Å². The fourth-order valence-corrected chi connectivity index (χ4v) is 7.11. The molecule has 0 aromatic heterocycles. The van der Waals surface area contributed by atoms with Crippen LogP contribution in [0, 0.1) is 11.3 Å². The number of ether oxygens (including phenoxy) is 4. The number of carbonyl (C=O) groups excluding carboxylic acids is 2. The van der Waals surface area contributed by atoms with Crippen LogP contribution in [0.15, 0.2) is 66.9 Å². The van der Waals surface area contributed by atoms with Crippen LogP contribution in [0.5, 0.6) is 0 Å². The molecular formula is C31H36O8. The summed E-state index contributed by atoms with van der Waals surface area (Å²) in [6.45, 7) is 6.72. The van der Waals surface area contributed by atoms with E-state index < -0.39 is 65.0 Å². The smallest absolute Gasteiger partial charge is 0.338 e. The maximum absolute atomic E-state index is 13.5. The first kappa shape index (κ1) is 27.4. The van der Waals surface area contributed by atoms with E-state index in [9.17, 15) is 19.8 Å². The normalized spacial score (nSPS) is 36.7. The molecule has 8 heteroatoms. The Morgan fingerprint density at radius 1 is 0.949 bits per heavy atom. The van der Waals surface area contributed by atoms with Crippen molar-refractivity contribution in [3.63, 3.8) is 0 Å². The molecule has 8 nitrogen and oxygen atoms in total. The molecule has 0 radical (unpaired) electrons. The van der Waals surface area contributed by atoms with Crippen LogP contribution in [0.3, 0.4) is 0 Å².